The molecule has 0 aromatic heterocycles. The summed E-state index contributed by atoms with van der Waals surface area (Å²) in [5.41, 5.74) is 4.98. The highest BCUT2D eigenvalue weighted by Gasteiger charge is 2.36. The summed E-state index contributed by atoms with van der Waals surface area (Å²) >= 11 is 0. The number of nitrogens with one attached hydrogen (secondary N) is 1. The Kier molecular flexibility index (Phi) is 4.77. The van der Waals surface area contributed by atoms with Gasteiger partial charge in [0, 0.05) is 13.2 Å². The summed E-state index contributed by atoms with van der Waals surface area (Å²) in [6.45, 7) is 2.57. The second kappa shape index (κ2) is 6.26. The molecule has 1 aliphatic heterocycles. The summed E-state index contributed by atoms with van der Waals surface area (Å²) < 4.78 is 42.8. The number of carbonyl (C=O) groups is 1. The van der Waals surface area contributed by atoms with E-state index >= 15 is 0 Å². The van der Waals surface area contributed by atoms with Crippen LogP contribution in [-0.2, 0) is 15.7 Å². The third-order valence-corrected chi connectivity index (χ3v) is 3.92. The molecule has 1 atom stereocenters. The largest absolute Gasteiger partial charge is 0.416 e. The highest BCUT2D eigenvalue weighted by molar-refractivity contribution is 5.86. The smallest absolute Gasteiger partial charge is 0.381 e. The van der Waals surface area contributed by atoms with Crippen molar-refractivity contribution in [2.45, 2.75) is 37.5 Å². The number of halogens is 3. The second-order valence-corrected chi connectivity index (χ2v) is 5.58. The SMILES string of the molecule is CC(NC(=O)C1(N)CCOCC1)c1ccc(C(F)(F)F)cc1. The van der Waals surface area contributed by atoms with Crippen LogP contribution in [0.5, 0.6) is 0 Å². The third-order valence-electron chi connectivity index (χ3n) is 3.92. The van der Waals surface area contributed by atoms with E-state index in [0.29, 0.717) is 31.6 Å². The molecule has 1 aromatic rings. The van der Waals surface area contributed by atoms with Crippen LogP contribution in [0.15, 0.2) is 24.3 Å². The number of carbonyl (C=O) groups excluding carboxylic acids is 1. The van der Waals surface area contributed by atoms with Crippen LogP contribution in [0.1, 0.15) is 36.9 Å². The molecule has 0 bridgehead atoms. The van der Waals surface area contributed by atoms with E-state index in [0.717, 1.165) is 12.1 Å². The number of amides is 1. The number of hydrogen-bond acceptors (Lipinski definition) is 3. The van der Waals surface area contributed by atoms with E-state index in [1.807, 2.05) is 0 Å². The highest BCUT2D eigenvalue weighted by Crippen LogP contribution is 2.30. The quantitative estimate of drug-likeness (QED) is 0.900. The van der Waals surface area contributed by atoms with Crippen molar-refractivity contribution in [2.75, 3.05) is 13.2 Å². The lowest BCUT2D eigenvalue weighted by Crippen LogP contribution is -2.57. The molecular weight excluding hydrogens is 297 g/mol. The Balaban J connectivity index is 2.02. The average Bonchev–Trinajstić information content (AvgIpc) is 2.47. The number of nitrogens with two attached hydrogens (primary N) is 1. The minimum absolute atomic E-state index is 0.303. The lowest BCUT2D eigenvalue weighted by atomic mass is 9.90. The van der Waals surface area contributed by atoms with Crippen molar-refractivity contribution in [1.82, 2.24) is 5.32 Å². The van der Waals surface area contributed by atoms with Crippen LogP contribution >= 0.6 is 0 Å². The van der Waals surface area contributed by atoms with E-state index < -0.39 is 23.3 Å². The van der Waals surface area contributed by atoms with Crippen molar-refractivity contribution in [3.05, 3.63) is 35.4 Å². The fourth-order valence-electron chi connectivity index (χ4n) is 2.35. The molecule has 0 aliphatic carbocycles. The van der Waals surface area contributed by atoms with Crippen LogP contribution in [0.2, 0.25) is 0 Å². The first-order valence-corrected chi connectivity index (χ1v) is 7.07. The maximum absolute atomic E-state index is 12.5. The summed E-state index contributed by atoms with van der Waals surface area (Å²) in [5, 5.41) is 2.76. The Morgan fingerprint density at radius 3 is 2.32 bits per heavy atom. The fourth-order valence-corrected chi connectivity index (χ4v) is 2.35. The predicted molar refractivity (Wildman–Crippen MR) is 75.0 cm³/mol. The van der Waals surface area contributed by atoms with Crippen molar-refractivity contribution >= 4 is 5.91 Å². The number of ether oxygens (including phenoxy) is 1. The minimum Gasteiger partial charge on any atom is -0.381 e. The number of benzene rings is 1. The molecule has 1 aromatic carbocycles. The highest BCUT2D eigenvalue weighted by atomic mass is 19.4. The Labute approximate surface area is 126 Å². The number of alkyl halides is 3. The van der Waals surface area contributed by atoms with Gasteiger partial charge in [-0.3, -0.25) is 4.79 Å². The van der Waals surface area contributed by atoms with E-state index in [-0.39, 0.29) is 5.91 Å². The summed E-state index contributed by atoms with van der Waals surface area (Å²) in [4.78, 5) is 12.3. The lowest BCUT2D eigenvalue weighted by Gasteiger charge is -2.33. The van der Waals surface area contributed by atoms with Gasteiger partial charge in [-0.2, -0.15) is 13.2 Å². The van der Waals surface area contributed by atoms with E-state index in [2.05, 4.69) is 5.32 Å². The molecule has 7 heteroatoms. The second-order valence-electron chi connectivity index (χ2n) is 5.58. The van der Waals surface area contributed by atoms with Crippen LogP contribution in [0.4, 0.5) is 13.2 Å². The van der Waals surface area contributed by atoms with Crippen molar-refractivity contribution in [3.63, 3.8) is 0 Å². The van der Waals surface area contributed by atoms with E-state index in [1.54, 1.807) is 6.92 Å². The minimum atomic E-state index is -4.37. The van der Waals surface area contributed by atoms with Gasteiger partial charge in [-0.05, 0) is 37.5 Å². The molecule has 0 radical (unpaired) electrons. The van der Waals surface area contributed by atoms with Crippen LogP contribution in [0.25, 0.3) is 0 Å². The molecule has 1 unspecified atom stereocenters. The summed E-state index contributed by atoms with van der Waals surface area (Å²) in [6, 6.07) is 4.31. The number of rotatable bonds is 3. The van der Waals surface area contributed by atoms with Crippen LogP contribution in [-0.4, -0.2) is 24.7 Å². The fraction of sp³-hybridized carbons (Fsp3) is 0.533. The van der Waals surface area contributed by atoms with Crippen LogP contribution in [0.3, 0.4) is 0 Å². The van der Waals surface area contributed by atoms with Gasteiger partial charge >= 0.3 is 6.18 Å². The molecule has 0 saturated carbocycles. The monoisotopic (exact) mass is 316 g/mol. The van der Waals surface area contributed by atoms with Gasteiger partial charge in [-0.1, -0.05) is 12.1 Å². The van der Waals surface area contributed by atoms with Crippen LogP contribution < -0.4 is 11.1 Å². The Morgan fingerprint density at radius 2 is 1.82 bits per heavy atom. The van der Waals surface area contributed by atoms with E-state index in [1.165, 1.54) is 12.1 Å². The normalized spacial score (nSPS) is 19.5. The number of hydrogen-bond donors (Lipinski definition) is 2. The summed E-state index contributed by atoms with van der Waals surface area (Å²) in [6.07, 6.45) is -3.51. The molecule has 1 fully saturated rings. The maximum Gasteiger partial charge on any atom is 0.416 e. The molecule has 1 heterocycles. The summed E-state index contributed by atoms with van der Waals surface area (Å²) in [7, 11) is 0. The van der Waals surface area contributed by atoms with Gasteiger partial charge in [0.1, 0.15) is 0 Å². The maximum atomic E-state index is 12.5. The van der Waals surface area contributed by atoms with Crippen LogP contribution in [0, 0.1) is 0 Å². The van der Waals surface area contributed by atoms with Gasteiger partial charge < -0.3 is 15.8 Å². The standard InChI is InChI=1S/C15H19F3N2O2/c1-10(11-2-4-12(5-3-11)15(16,17)18)20-13(21)14(19)6-8-22-9-7-14/h2-5,10H,6-9,19H2,1H3,(H,20,21). The first kappa shape index (κ1) is 16.8. The zero-order valence-corrected chi connectivity index (χ0v) is 12.2. The molecule has 3 N–H and O–H groups in total. The molecule has 0 spiro atoms. The van der Waals surface area contributed by atoms with Gasteiger partial charge in [0.25, 0.3) is 0 Å². The van der Waals surface area contributed by atoms with E-state index in [4.69, 9.17) is 10.5 Å². The Bertz CT molecular complexity index is 523. The molecular formula is C15H19F3N2O2. The Hall–Kier alpha value is -1.60. The topological polar surface area (TPSA) is 64.4 Å². The molecule has 1 amide bonds. The Morgan fingerprint density at radius 1 is 1.27 bits per heavy atom. The zero-order valence-electron chi connectivity index (χ0n) is 12.2. The molecule has 1 aliphatic rings. The molecule has 1 saturated heterocycles. The predicted octanol–water partition coefficient (Wildman–Crippen LogP) is 2.39. The van der Waals surface area contributed by atoms with Gasteiger partial charge in [0.15, 0.2) is 0 Å². The first-order valence-electron chi connectivity index (χ1n) is 7.07. The van der Waals surface area contributed by atoms with Gasteiger partial charge in [-0.15, -0.1) is 0 Å². The lowest BCUT2D eigenvalue weighted by molar-refractivity contribution is -0.137. The van der Waals surface area contributed by atoms with Crippen molar-refractivity contribution < 1.29 is 22.7 Å². The first-order chi connectivity index (χ1) is 10.2. The molecule has 122 valence electrons. The molecule has 2 rings (SSSR count). The molecule has 22 heavy (non-hydrogen) atoms. The van der Waals surface area contributed by atoms with E-state index in [9.17, 15) is 18.0 Å². The van der Waals surface area contributed by atoms with Gasteiger partial charge in [-0.25, -0.2) is 0 Å². The van der Waals surface area contributed by atoms with Crippen molar-refractivity contribution in [2.24, 2.45) is 5.73 Å². The zero-order chi connectivity index (χ0) is 16.4. The average molecular weight is 316 g/mol. The molecule has 4 nitrogen and oxygen atoms in total. The van der Waals surface area contributed by atoms with Crippen molar-refractivity contribution in [3.8, 4) is 0 Å². The third kappa shape index (κ3) is 3.78. The van der Waals surface area contributed by atoms with Gasteiger partial charge in [0.2, 0.25) is 5.91 Å². The van der Waals surface area contributed by atoms with Gasteiger partial charge in [0.05, 0.1) is 17.1 Å². The van der Waals surface area contributed by atoms with Crippen molar-refractivity contribution in [1.29, 1.82) is 0 Å². The summed E-state index contributed by atoms with van der Waals surface area (Å²) in [5.74, 6) is -0.303.